The number of benzene rings is 2. The van der Waals surface area contributed by atoms with Crippen molar-refractivity contribution in [1.82, 2.24) is 4.90 Å². The second-order valence-corrected chi connectivity index (χ2v) is 11.4. The molecule has 2 N–H and O–H groups in total. The first-order valence-electron chi connectivity index (χ1n) is 12.4. The number of alkyl halides is 1. The van der Waals surface area contributed by atoms with Gasteiger partial charge in [0.15, 0.2) is 0 Å². The quantitative estimate of drug-likeness (QED) is 0.399. The van der Waals surface area contributed by atoms with Crippen LogP contribution in [0.4, 0.5) is 5.69 Å². The van der Waals surface area contributed by atoms with Crippen LogP contribution < -0.4 is 5.32 Å². The average Bonchev–Trinajstić information content (AvgIpc) is 3.43. The topological polar surface area (TPSA) is 105 Å². The molecule has 8 nitrogen and oxygen atoms in total. The molecular formula is C27H31BrN2O6. The molecule has 0 saturated carbocycles. The van der Waals surface area contributed by atoms with Gasteiger partial charge in [-0.1, -0.05) is 60.1 Å². The van der Waals surface area contributed by atoms with Crippen molar-refractivity contribution >= 4 is 50.2 Å². The molecular weight excluding hydrogens is 528 g/mol. The second kappa shape index (κ2) is 9.43. The number of anilines is 1. The third kappa shape index (κ3) is 3.74. The SMILES string of the molecule is CCOC(=O)[C@H]1[C@@H]2OC3(CC2Br)C(C(=O)Nc2ccc4ccccc4c2)N([C@@H](CO)C(C)C)C(=O)[C@H]13. The standard InChI is InChI=1S/C27H31BrN2O6/c1-4-35-26(34)20-21-25(33)30(19(13-31)14(2)3)23(27(21)12-18(28)22(20)36-27)24(32)29-17-10-9-15-7-5-6-8-16(15)11-17/h5-11,14,18-23,31H,4,12-13H2,1-3H3,(H,29,32)/t18?,19-,20+,21-,22+,23?,27?/m0/s1. The van der Waals surface area contributed by atoms with E-state index in [2.05, 4.69) is 21.2 Å². The van der Waals surface area contributed by atoms with Gasteiger partial charge in [-0.05, 0) is 42.2 Å². The fourth-order valence-electron chi connectivity index (χ4n) is 6.33. The van der Waals surface area contributed by atoms with Crippen molar-refractivity contribution in [2.45, 2.75) is 55.8 Å². The van der Waals surface area contributed by atoms with Gasteiger partial charge in [-0.15, -0.1) is 0 Å². The van der Waals surface area contributed by atoms with Gasteiger partial charge in [-0.3, -0.25) is 14.4 Å². The van der Waals surface area contributed by atoms with Crippen LogP contribution in [0.15, 0.2) is 42.5 Å². The lowest BCUT2D eigenvalue weighted by molar-refractivity contribution is -0.155. The molecule has 2 aromatic carbocycles. The monoisotopic (exact) mass is 558 g/mol. The van der Waals surface area contributed by atoms with Gasteiger partial charge >= 0.3 is 5.97 Å². The van der Waals surface area contributed by atoms with Crippen LogP contribution in [-0.2, 0) is 23.9 Å². The van der Waals surface area contributed by atoms with Gasteiger partial charge < -0.3 is 24.8 Å². The molecule has 192 valence electrons. The summed E-state index contributed by atoms with van der Waals surface area (Å²) in [6.45, 7) is 5.39. The van der Waals surface area contributed by atoms with Gasteiger partial charge in [-0.25, -0.2) is 0 Å². The molecule has 0 radical (unpaired) electrons. The van der Waals surface area contributed by atoms with E-state index in [1.807, 2.05) is 56.3 Å². The number of aliphatic hydroxyl groups is 1. The Morgan fingerprint density at radius 3 is 2.64 bits per heavy atom. The molecule has 5 rings (SSSR count). The molecule has 9 heteroatoms. The van der Waals surface area contributed by atoms with Crippen LogP contribution in [0, 0.1) is 17.8 Å². The predicted molar refractivity (Wildman–Crippen MR) is 137 cm³/mol. The smallest absolute Gasteiger partial charge is 0.312 e. The number of ether oxygens (including phenoxy) is 2. The Labute approximate surface area is 218 Å². The molecule has 2 bridgehead atoms. The van der Waals surface area contributed by atoms with Crippen LogP contribution in [0.3, 0.4) is 0 Å². The van der Waals surface area contributed by atoms with E-state index in [9.17, 15) is 19.5 Å². The van der Waals surface area contributed by atoms with Crippen LogP contribution >= 0.6 is 15.9 Å². The van der Waals surface area contributed by atoms with Crippen LogP contribution in [0.1, 0.15) is 27.2 Å². The lowest BCUT2D eigenvalue weighted by Gasteiger charge is -2.38. The summed E-state index contributed by atoms with van der Waals surface area (Å²) < 4.78 is 11.8. The zero-order valence-corrected chi connectivity index (χ0v) is 22.1. The Kier molecular flexibility index (Phi) is 6.59. The van der Waals surface area contributed by atoms with Crippen LogP contribution in [-0.4, -0.2) is 69.6 Å². The van der Waals surface area contributed by atoms with E-state index in [0.29, 0.717) is 12.1 Å². The molecule has 36 heavy (non-hydrogen) atoms. The Morgan fingerprint density at radius 2 is 1.97 bits per heavy atom. The Bertz CT molecular complexity index is 1200. The van der Waals surface area contributed by atoms with E-state index < -0.39 is 47.5 Å². The molecule has 1 spiro atoms. The summed E-state index contributed by atoms with van der Waals surface area (Å²) in [5, 5.41) is 15.3. The highest BCUT2D eigenvalue weighted by Gasteiger charge is 2.77. The zero-order chi connectivity index (χ0) is 25.8. The number of carbonyl (C=O) groups excluding carboxylic acids is 3. The highest BCUT2D eigenvalue weighted by molar-refractivity contribution is 9.09. The lowest BCUT2D eigenvalue weighted by Crippen LogP contribution is -2.57. The highest BCUT2D eigenvalue weighted by atomic mass is 79.9. The molecule has 0 aliphatic carbocycles. The van der Waals surface area contributed by atoms with Crippen LogP contribution in [0.25, 0.3) is 10.8 Å². The fraction of sp³-hybridized carbons (Fsp3) is 0.519. The molecule has 2 aromatic rings. The number of amides is 2. The average molecular weight is 559 g/mol. The molecule has 3 aliphatic heterocycles. The molecule has 2 amide bonds. The summed E-state index contributed by atoms with van der Waals surface area (Å²) in [5.41, 5.74) is -0.600. The summed E-state index contributed by atoms with van der Waals surface area (Å²) in [4.78, 5) is 42.2. The first kappa shape index (κ1) is 25.2. The predicted octanol–water partition coefficient (Wildman–Crippen LogP) is 3.11. The molecule has 7 atom stereocenters. The van der Waals surface area contributed by atoms with Gasteiger partial charge in [0.2, 0.25) is 11.8 Å². The van der Waals surface area contributed by atoms with Crippen molar-refractivity contribution in [3.63, 3.8) is 0 Å². The molecule has 3 unspecified atom stereocenters. The van der Waals surface area contributed by atoms with Gasteiger partial charge in [0.05, 0.1) is 37.2 Å². The summed E-state index contributed by atoms with van der Waals surface area (Å²) in [5.74, 6) is -3.03. The normalized spacial score (nSPS) is 31.7. The van der Waals surface area contributed by atoms with Crippen molar-refractivity contribution in [2.24, 2.45) is 17.8 Å². The van der Waals surface area contributed by atoms with Crippen LogP contribution in [0.5, 0.6) is 0 Å². The van der Waals surface area contributed by atoms with E-state index in [1.165, 1.54) is 4.90 Å². The maximum absolute atomic E-state index is 14.0. The van der Waals surface area contributed by atoms with E-state index in [4.69, 9.17) is 9.47 Å². The number of fused-ring (bicyclic) bond motifs is 2. The number of hydrogen-bond donors (Lipinski definition) is 2. The van der Waals surface area contributed by atoms with E-state index in [1.54, 1.807) is 6.92 Å². The third-order valence-corrected chi connectivity index (χ3v) is 8.71. The number of likely N-dealkylation sites (tertiary alicyclic amines) is 1. The summed E-state index contributed by atoms with van der Waals surface area (Å²) >= 11 is 3.64. The number of nitrogens with one attached hydrogen (secondary N) is 1. The van der Waals surface area contributed by atoms with E-state index in [0.717, 1.165) is 10.8 Å². The first-order chi connectivity index (χ1) is 17.2. The van der Waals surface area contributed by atoms with Gasteiger partial charge in [0.1, 0.15) is 11.6 Å². The minimum absolute atomic E-state index is 0.122. The van der Waals surface area contributed by atoms with Crippen molar-refractivity contribution in [3.8, 4) is 0 Å². The van der Waals surface area contributed by atoms with Gasteiger partial charge in [0.25, 0.3) is 0 Å². The number of carbonyl (C=O) groups is 3. The maximum Gasteiger partial charge on any atom is 0.312 e. The van der Waals surface area contributed by atoms with Crippen LogP contribution in [0.2, 0.25) is 0 Å². The minimum Gasteiger partial charge on any atom is -0.466 e. The van der Waals surface area contributed by atoms with Crippen molar-refractivity contribution in [1.29, 1.82) is 0 Å². The molecule has 3 fully saturated rings. The first-order valence-corrected chi connectivity index (χ1v) is 13.4. The number of halogens is 1. The number of aliphatic hydroxyl groups excluding tert-OH is 1. The number of nitrogens with zero attached hydrogens (tertiary/aromatic N) is 1. The molecule has 3 saturated heterocycles. The highest BCUT2D eigenvalue weighted by Crippen LogP contribution is 2.60. The Hall–Kier alpha value is -2.49. The van der Waals surface area contributed by atoms with Gasteiger partial charge in [-0.2, -0.15) is 0 Å². The largest absolute Gasteiger partial charge is 0.466 e. The third-order valence-electron chi connectivity index (χ3n) is 7.87. The maximum atomic E-state index is 14.0. The van der Waals surface area contributed by atoms with Crippen molar-refractivity contribution in [3.05, 3.63) is 42.5 Å². The summed E-state index contributed by atoms with van der Waals surface area (Å²) in [6.07, 6.45) is -0.172. The Morgan fingerprint density at radius 1 is 1.25 bits per heavy atom. The number of hydrogen-bond acceptors (Lipinski definition) is 6. The van der Waals surface area contributed by atoms with Crippen molar-refractivity contribution in [2.75, 3.05) is 18.5 Å². The molecule has 3 heterocycles. The summed E-state index contributed by atoms with van der Waals surface area (Å²) in [7, 11) is 0. The summed E-state index contributed by atoms with van der Waals surface area (Å²) in [6, 6.07) is 11.9. The minimum atomic E-state index is -1.20. The zero-order valence-electron chi connectivity index (χ0n) is 20.5. The van der Waals surface area contributed by atoms with Crippen molar-refractivity contribution < 1.29 is 29.0 Å². The number of esters is 1. The Balaban J connectivity index is 1.56. The lowest BCUT2D eigenvalue weighted by atomic mass is 9.70. The number of rotatable bonds is 7. The van der Waals surface area contributed by atoms with E-state index in [-0.39, 0.29) is 29.9 Å². The van der Waals surface area contributed by atoms with E-state index >= 15 is 0 Å². The van der Waals surface area contributed by atoms with Gasteiger partial charge in [0, 0.05) is 10.5 Å². The fourth-order valence-corrected chi connectivity index (χ4v) is 7.27. The second-order valence-electron chi connectivity index (χ2n) is 10.2. The molecule has 0 aromatic heterocycles. The molecule has 3 aliphatic rings.